The molecule has 1 aromatic heterocycles. The van der Waals surface area contributed by atoms with E-state index in [1.54, 1.807) is 24.5 Å². The number of fused-ring (bicyclic) bond motifs is 1. The predicted molar refractivity (Wildman–Crippen MR) is 266 cm³/mol. The molecule has 3 heterocycles. The number of rotatable bonds is 43. The van der Waals surface area contributed by atoms with Crippen LogP contribution in [0, 0.1) is 0 Å². The fraction of sp³-hybridized carbons (Fsp3) is 0.571. The first-order chi connectivity index (χ1) is 36.2. The largest absolute Gasteiger partial charge is 0.447 e. The van der Waals surface area contributed by atoms with Gasteiger partial charge in [0.05, 0.1) is 139 Å². The van der Waals surface area contributed by atoms with E-state index < -0.39 is 23.8 Å². The number of aromatic nitrogens is 2. The Morgan fingerprint density at radius 3 is 1.58 bits per heavy atom. The number of carbonyl (C=O) groups is 5. The van der Waals surface area contributed by atoms with E-state index >= 15 is 0 Å². The van der Waals surface area contributed by atoms with Crippen LogP contribution in [0.2, 0.25) is 0 Å². The van der Waals surface area contributed by atoms with Crippen molar-refractivity contribution in [1.82, 2.24) is 30.6 Å². The molecule has 410 valence electrons. The molecule has 0 bridgehead atoms. The first-order valence-corrected chi connectivity index (χ1v) is 24.5. The maximum atomic E-state index is 13.5. The second-order valence-corrected chi connectivity index (χ2v) is 15.6. The van der Waals surface area contributed by atoms with Gasteiger partial charge in [-0.15, -0.1) is 0 Å². The Morgan fingerprint density at radius 2 is 1.08 bits per heavy atom. The zero-order valence-electron chi connectivity index (χ0n) is 42.2. The van der Waals surface area contributed by atoms with E-state index in [-0.39, 0.29) is 52.0 Å². The Morgan fingerprint density at radius 1 is 0.608 bits per heavy atom. The van der Waals surface area contributed by atoms with Crippen LogP contribution in [0.3, 0.4) is 0 Å². The number of anilines is 1. The van der Waals surface area contributed by atoms with Crippen molar-refractivity contribution in [2.75, 3.05) is 177 Å². The molecule has 2 aromatic rings. The molecule has 4 rings (SSSR count). The Kier molecular flexibility index (Phi) is 31.6. The van der Waals surface area contributed by atoms with Crippen molar-refractivity contribution in [2.24, 2.45) is 5.73 Å². The van der Waals surface area contributed by atoms with Gasteiger partial charge in [0.1, 0.15) is 25.3 Å². The predicted octanol–water partition coefficient (Wildman–Crippen LogP) is 0.856. The number of carbonyl (C=O) groups excluding carboxylic acids is 5. The summed E-state index contributed by atoms with van der Waals surface area (Å²) in [5, 5.41) is 9.60. The molecule has 0 unspecified atom stereocenters. The molecule has 5 N–H and O–H groups in total. The summed E-state index contributed by atoms with van der Waals surface area (Å²) in [7, 11) is 0. The van der Waals surface area contributed by atoms with Gasteiger partial charge in [0.25, 0.3) is 17.7 Å². The quantitative estimate of drug-likeness (QED) is 0.0407. The maximum Gasteiger partial charge on any atom is 0.407 e. The van der Waals surface area contributed by atoms with Crippen LogP contribution in [0.15, 0.2) is 66.5 Å². The summed E-state index contributed by atoms with van der Waals surface area (Å²) in [6.45, 7) is 10.2. The second kappa shape index (κ2) is 38.6. The van der Waals surface area contributed by atoms with E-state index in [1.807, 2.05) is 25.1 Å². The smallest absolute Gasteiger partial charge is 0.407 e. The van der Waals surface area contributed by atoms with Gasteiger partial charge in [0, 0.05) is 61.0 Å². The maximum absolute atomic E-state index is 13.5. The zero-order valence-corrected chi connectivity index (χ0v) is 42.2. The molecule has 0 spiro atoms. The van der Waals surface area contributed by atoms with E-state index in [9.17, 15) is 24.0 Å². The number of ether oxygens (including phenoxy) is 11. The highest BCUT2D eigenvalue weighted by atomic mass is 16.7. The fourth-order valence-electron chi connectivity index (χ4n) is 6.37. The summed E-state index contributed by atoms with van der Waals surface area (Å²) >= 11 is 0. The first kappa shape index (κ1) is 60.6. The molecule has 0 fully saturated rings. The zero-order chi connectivity index (χ0) is 52.7. The van der Waals surface area contributed by atoms with Gasteiger partial charge in [-0.05, 0) is 35.8 Å². The molecular formula is C49H72N8O17. The van der Waals surface area contributed by atoms with E-state index in [4.69, 9.17) is 62.7 Å². The normalized spacial score (nSPS) is 13.0. The Bertz CT molecular complexity index is 2030. The molecule has 0 saturated heterocycles. The summed E-state index contributed by atoms with van der Waals surface area (Å²) in [4.78, 5) is 75.2. The van der Waals surface area contributed by atoms with Gasteiger partial charge < -0.3 is 73.8 Å². The minimum absolute atomic E-state index is 0.0358. The summed E-state index contributed by atoms with van der Waals surface area (Å²) in [5.41, 5.74) is 9.79. The van der Waals surface area contributed by atoms with Gasteiger partial charge in [-0.1, -0.05) is 19.1 Å². The number of alkyl carbamates (subject to hydrolysis) is 1. The van der Waals surface area contributed by atoms with Gasteiger partial charge in [-0.2, -0.15) is 0 Å². The van der Waals surface area contributed by atoms with Gasteiger partial charge in [0.2, 0.25) is 5.91 Å². The van der Waals surface area contributed by atoms with Crippen molar-refractivity contribution in [2.45, 2.75) is 13.3 Å². The molecule has 5 amide bonds. The molecule has 2 aliphatic rings. The second-order valence-electron chi connectivity index (χ2n) is 15.6. The third kappa shape index (κ3) is 26.3. The standard InChI is InChI=1S/C49H72N8O17/c1-2-9-57(48(61)41-32-40-4-3-39(42-35-51-38-52-36-42)33-43(40)55-44(50)34-41)74-11-8-54-49(62)73-31-30-72-29-28-71-27-26-70-25-24-69-23-22-68-21-20-67-19-18-66-17-16-65-15-14-64-13-12-63-10-7-53-45(58)37-56-46(59)5-6-47(56)60/h3-6,32-36,38,55H,2,7-31,37,50H2,1H3,(H,53,58)(H,54,62). The third-order valence-corrected chi connectivity index (χ3v) is 9.95. The van der Waals surface area contributed by atoms with Crippen LogP contribution in [-0.4, -0.2) is 221 Å². The van der Waals surface area contributed by atoms with Crippen molar-refractivity contribution >= 4 is 41.5 Å². The lowest BCUT2D eigenvalue weighted by atomic mass is 10.0. The van der Waals surface area contributed by atoms with Crippen LogP contribution >= 0.6 is 0 Å². The van der Waals surface area contributed by atoms with Crippen LogP contribution in [0.1, 0.15) is 18.9 Å². The molecule has 2 aliphatic heterocycles. The van der Waals surface area contributed by atoms with Crippen LogP contribution in [0.4, 0.5) is 10.5 Å². The van der Waals surface area contributed by atoms with Gasteiger partial charge >= 0.3 is 6.09 Å². The number of hydrogen-bond acceptors (Lipinski definition) is 21. The number of nitrogens with one attached hydrogen (secondary N) is 3. The lowest BCUT2D eigenvalue weighted by Crippen LogP contribution is -2.41. The number of imide groups is 1. The average Bonchev–Trinajstić information content (AvgIpc) is 3.60. The van der Waals surface area contributed by atoms with Gasteiger partial charge in [0.15, 0.2) is 0 Å². The highest BCUT2D eigenvalue weighted by molar-refractivity contribution is 6.14. The summed E-state index contributed by atoms with van der Waals surface area (Å²) in [6.07, 6.45) is 10.5. The van der Waals surface area contributed by atoms with Gasteiger partial charge in [-0.3, -0.25) is 28.9 Å². The Labute approximate surface area is 431 Å². The third-order valence-electron chi connectivity index (χ3n) is 9.95. The molecule has 25 heteroatoms. The van der Waals surface area contributed by atoms with Crippen LogP contribution in [0.5, 0.6) is 0 Å². The lowest BCUT2D eigenvalue weighted by molar-refractivity contribution is -0.181. The molecule has 0 atom stereocenters. The fourth-order valence-corrected chi connectivity index (χ4v) is 6.37. The molecular weight excluding hydrogens is 973 g/mol. The monoisotopic (exact) mass is 1040 g/mol. The van der Waals surface area contributed by atoms with E-state index in [2.05, 4.69) is 25.9 Å². The van der Waals surface area contributed by atoms with Gasteiger partial charge in [-0.25, -0.2) is 19.8 Å². The Hall–Kier alpha value is -5.97. The first-order valence-electron chi connectivity index (χ1n) is 24.5. The van der Waals surface area contributed by atoms with Crippen molar-refractivity contribution in [1.29, 1.82) is 0 Å². The minimum atomic E-state index is -0.637. The van der Waals surface area contributed by atoms with Crippen molar-refractivity contribution in [3.05, 3.63) is 72.1 Å². The van der Waals surface area contributed by atoms with Crippen LogP contribution in [-0.2, 0) is 76.1 Å². The topological polar surface area (TPSA) is 290 Å². The molecule has 1 aromatic carbocycles. The summed E-state index contributed by atoms with van der Waals surface area (Å²) in [6, 6.07) is 5.72. The molecule has 0 radical (unpaired) electrons. The lowest BCUT2D eigenvalue weighted by Gasteiger charge is -2.22. The number of hydrogen-bond donors (Lipinski definition) is 4. The summed E-state index contributed by atoms with van der Waals surface area (Å²) in [5.74, 6) is -1.52. The number of benzene rings is 1. The molecule has 0 aliphatic carbocycles. The van der Waals surface area contributed by atoms with E-state index in [0.717, 1.165) is 39.4 Å². The Balaban J connectivity index is 0.826. The van der Waals surface area contributed by atoms with Crippen LogP contribution < -0.4 is 21.7 Å². The highest BCUT2D eigenvalue weighted by Gasteiger charge is 2.25. The number of amides is 5. The number of nitrogens with two attached hydrogens (primary N) is 1. The number of hydroxylamine groups is 2. The van der Waals surface area contributed by atoms with Crippen molar-refractivity contribution in [3.8, 4) is 11.1 Å². The SMILES string of the molecule is CCCN(OCCNC(=O)OCCOCCOCCOCCOCCOCCOCCOCCOCCOCCOCCNC(=O)CN1C(=O)C=CC1=O)C(=O)C1=Cc2ccc(-c3cncnc3)cc2NC(N)=C1. The molecule has 0 saturated carbocycles. The van der Waals surface area contributed by atoms with Crippen molar-refractivity contribution < 1.29 is 80.9 Å². The van der Waals surface area contributed by atoms with E-state index in [0.29, 0.717) is 143 Å². The molecule has 25 nitrogen and oxygen atoms in total. The summed E-state index contributed by atoms with van der Waals surface area (Å²) < 4.78 is 59.8. The molecule has 74 heavy (non-hydrogen) atoms. The van der Waals surface area contributed by atoms with Crippen molar-refractivity contribution in [3.63, 3.8) is 0 Å². The van der Waals surface area contributed by atoms with E-state index in [1.165, 1.54) is 11.4 Å². The minimum Gasteiger partial charge on any atom is -0.447 e. The van der Waals surface area contributed by atoms with Crippen LogP contribution in [0.25, 0.3) is 17.2 Å². The highest BCUT2D eigenvalue weighted by Crippen LogP contribution is 2.29. The average molecular weight is 1050 g/mol. The number of nitrogens with zero attached hydrogens (tertiary/aromatic N) is 4.